The van der Waals surface area contributed by atoms with E-state index >= 15 is 0 Å². The van der Waals surface area contributed by atoms with Crippen molar-refractivity contribution in [2.75, 3.05) is 0 Å². The first-order valence-corrected chi connectivity index (χ1v) is 13.3. The molecular weight excluding hydrogens is 444 g/mol. The Hall–Kier alpha value is -1.79. The summed E-state index contributed by atoms with van der Waals surface area (Å²) in [5.41, 5.74) is 0.709. The number of rotatable bonds is 6. The molecule has 0 radical (unpaired) electrons. The first-order valence-electron chi connectivity index (χ1n) is 13.3. The molecule has 6 heteroatoms. The molecule has 10 atom stereocenters. The van der Waals surface area contributed by atoms with Crippen molar-refractivity contribution in [1.29, 1.82) is 0 Å². The van der Waals surface area contributed by atoms with Gasteiger partial charge in [0.15, 0.2) is 11.6 Å². The number of carbonyl (C=O) groups is 3. The number of aliphatic hydroxyl groups is 2. The van der Waals surface area contributed by atoms with Gasteiger partial charge in [0.25, 0.3) is 0 Å². The number of aliphatic hydroxyl groups excluding tert-OH is 2. The van der Waals surface area contributed by atoms with Crippen molar-refractivity contribution >= 4 is 17.5 Å². The van der Waals surface area contributed by atoms with Crippen LogP contribution < -0.4 is 0 Å². The molecule has 3 N–H and O–H groups in total. The molecule has 2 saturated carbocycles. The van der Waals surface area contributed by atoms with E-state index < -0.39 is 34.9 Å². The van der Waals surface area contributed by atoms with Crippen LogP contribution in [0.3, 0.4) is 0 Å². The Labute approximate surface area is 208 Å². The van der Waals surface area contributed by atoms with E-state index in [0.29, 0.717) is 42.4 Å². The Bertz CT molecular complexity index is 980. The summed E-state index contributed by atoms with van der Waals surface area (Å²) in [7, 11) is 0. The largest absolute Gasteiger partial charge is 0.481 e. The molecule has 0 bridgehead atoms. The summed E-state index contributed by atoms with van der Waals surface area (Å²) in [4.78, 5) is 38.8. The van der Waals surface area contributed by atoms with E-state index in [0.717, 1.165) is 19.3 Å². The highest BCUT2D eigenvalue weighted by Gasteiger charge is 2.65. The highest BCUT2D eigenvalue weighted by molar-refractivity contribution is 6.12. The number of hydrogen-bond acceptors (Lipinski definition) is 5. The number of aliphatic carboxylic acids is 1. The molecule has 2 fully saturated rings. The quantitative estimate of drug-likeness (QED) is 0.482. The summed E-state index contributed by atoms with van der Waals surface area (Å²) in [5, 5.41) is 31.3. The van der Waals surface area contributed by atoms with Crippen LogP contribution in [0.2, 0.25) is 0 Å². The van der Waals surface area contributed by atoms with Crippen LogP contribution in [-0.4, -0.2) is 45.1 Å². The van der Waals surface area contributed by atoms with Gasteiger partial charge in [-0.05, 0) is 75.0 Å². The summed E-state index contributed by atoms with van der Waals surface area (Å²) >= 11 is 0. The second-order valence-electron chi connectivity index (χ2n) is 12.5. The van der Waals surface area contributed by atoms with Gasteiger partial charge >= 0.3 is 5.97 Å². The second kappa shape index (κ2) is 8.95. The molecule has 6 nitrogen and oxygen atoms in total. The molecule has 0 spiro atoms. The van der Waals surface area contributed by atoms with Gasteiger partial charge in [-0.3, -0.25) is 14.4 Å². The van der Waals surface area contributed by atoms with Crippen molar-refractivity contribution < 1.29 is 29.7 Å². The van der Waals surface area contributed by atoms with E-state index in [1.165, 1.54) is 0 Å². The molecule has 2 unspecified atom stereocenters. The van der Waals surface area contributed by atoms with Crippen LogP contribution in [0.25, 0.3) is 0 Å². The van der Waals surface area contributed by atoms with E-state index in [1.54, 1.807) is 6.92 Å². The fraction of sp³-hybridized carbons (Fsp3) is 0.759. The highest BCUT2D eigenvalue weighted by Crippen LogP contribution is 2.65. The standard InChI is InChI=1S/C29H42O6/c1-14(16(3)27(34)35)7-8-15(2)18-9-10-19-23-22(31)13-20-17(4)21(30)11-12-28(20,5)24(23)25(32)26(33)29(18,19)6/h15-21,26,30,33H,1,7-13H2,2-6H3,(H,34,35)/t15-,16-,17+,18-,19?,20?,21-,26+,28+,29-/m1/s1. The Morgan fingerprint density at radius 2 is 1.80 bits per heavy atom. The summed E-state index contributed by atoms with van der Waals surface area (Å²) in [6.07, 6.45) is 2.90. The van der Waals surface area contributed by atoms with Gasteiger partial charge in [-0.1, -0.05) is 39.8 Å². The molecule has 0 aromatic rings. The Balaban J connectivity index is 1.66. The average molecular weight is 487 g/mol. The first kappa shape index (κ1) is 26.3. The molecule has 4 aliphatic rings. The van der Waals surface area contributed by atoms with Crippen LogP contribution in [0.5, 0.6) is 0 Å². The zero-order valence-electron chi connectivity index (χ0n) is 21.8. The minimum absolute atomic E-state index is 0.0249. The minimum Gasteiger partial charge on any atom is -0.481 e. The number of hydrogen-bond donors (Lipinski definition) is 3. The molecule has 0 aliphatic heterocycles. The maximum atomic E-state index is 13.9. The van der Waals surface area contributed by atoms with Gasteiger partial charge in [0.05, 0.1) is 12.0 Å². The summed E-state index contributed by atoms with van der Waals surface area (Å²) in [6, 6.07) is 0. The SMILES string of the molecule is C=C(CC[C@@H](C)[C@H]1CCC2C3=C(C(=O)[C@H](O)[C@@]21C)[C@@]1(C)CC[C@@H](O)[C@@H](C)C1CC3=O)[C@@H](C)C(=O)O. The third-order valence-electron chi connectivity index (χ3n) is 10.9. The summed E-state index contributed by atoms with van der Waals surface area (Å²) in [6.45, 7) is 13.8. The predicted molar refractivity (Wildman–Crippen MR) is 132 cm³/mol. The van der Waals surface area contributed by atoms with E-state index in [1.807, 2.05) is 13.8 Å². The van der Waals surface area contributed by atoms with Crippen LogP contribution in [0, 0.1) is 46.3 Å². The average Bonchev–Trinajstić information content (AvgIpc) is 3.16. The highest BCUT2D eigenvalue weighted by atomic mass is 16.4. The molecule has 35 heavy (non-hydrogen) atoms. The number of Topliss-reactive ketones (excluding diaryl/α,β-unsaturated/α-hetero) is 2. The first-order chi connectivity index (χ1) is 16.3. The molecule has 0 saturated heterocycles. The maximum Gasteiger partial charge on any atom is 0.310 e. The summed E-state index contributed by atoms with van der Waals surface area (Å²) < 4.78 is 0. The fourth-order valence-electron chi connectivity index (χ4n) is 8.40. The molecular formula is C29H42O6. The van der Waals surface area contributed by atoms with Gasteiger partial charge in [-0.2, -0.15) is 0 Å². The van der Waals surface area contributed by atoms with E-state index in [9.17, 15) is 29.7 Å². The van der Waals surface area contributed by atoms with Crippen LogP contribution in [0.1, 0.15) is 79.6 Å². The van der Waals surface area contributed by atoms with Crippen molar-refractivity contribution in [2.45, 2.75) is 91.8 Å². The maximum absolute atomic E-state index is 13.9. The van der Waals surface area contributed by atoms with Crippen molar-refractivity contribution in [3.8, 4) is 0 Å². The molecule has 0 amide bonds. The van der Waals surface area contributed by atoms with E-state index in [2.05, 4.69) is 20.4 Å². The number of carboxylic acids is 1. The number of ketones is 2. The fourth-order valence-corrected chi connectivity index (χ4v) is 8.40. The van der Waals surface area contributed by atoms with Crippen LogP contribution in [-0.2, 0) is 14.4 Å². The zero-order chi connectivity index (χ0) is 26.0. The van der Waals surface area contributed by atoms with Gasteiger partial charge in [0.2, 0.25) is 0 Å². The lowest BCUT2D eigenvalue weighted by Gasteiger charge is -2.56. The molecule has 0 aromatic carbocycles. The molecule has 4 rings (SSSR count). The Kier molecular flexibility index (Phi) is 6.72. The van der Waals surface area contributed by atoms with Gasteiger partial charge in [-0.25, -0.2) is 0 Å². The monoisotopic (exact) mass is 486 g/mol. The smallest absolute Gasteiger partial charge is 0.310 e. The van der Waals surface area contributed by atoms with Gasteiger partial charge in [0.1, 0.15) is 6.10 Å². The third-order valence-corrected chi connectivity index (χ3v) is 10.9. The van der Waals surface area contributed by atoms with Crippen molar-refractivity contribution in [2.24, 2.45) is 46.3 Å². The number of carbonyl (C=O) groups excluding carboxylic acids is 2. The molecule has 4 aliphatic carbocycles. The van der Waals surface area contributed by atoms with E-state index in [-0.39, 0.29) is 41.2 Å². The zero-order valence-corrected chi connectivity index (χ0v) is 21.8. The number of allylic oxidation sites excluding steroid dienone is 1. The van der Waals surface area contributed by atoms with Gasteiger partial charge in [-0.15, -0.1) is 0 Å². The van der Waals surface area contributed by atoms with Crippen LogP contribution >= 0.6 is 0 Å². The van der Waals surface area contributed by atoms with E-state index in [4.69, 9.17) is 0 Å². The Morgan fingerprint density at radius 1 is 1.14 bits per heavy atom. The van der Waals surface area contributed by atoms with Crippen molar-refractivity contribution in [3.63, 3.8) is 0 Å². The molecule has 0 aromatic heterocycles. The topological polar surface area (TPSA) is 112 Å². The summed E-state index contributed by atoms with van der Waals surface area (Å²) in [5.74, 6) is -1.84. The van der Waals surface area contributed by atoms with Crippen molar-refractivity contribution in [3.05, 3.63) is 23.3 Å². The number of fused-ring (bicyclic) bond motifs is 4. The lowest BCUT2D eigenvalue weighted by atomic mass is 9.47. The van der Waals surface area contributed by atoms with Crippen LogP contribution in [0.15, 0.2) is 23.3 Å². The lowest BCUT2D eigenvalue weighted by Crippen LogP contribution is -2.58. The van der Waals surface area contributed by atoms with Crippen molar-refractivity contribution in [1.82, 2.24) is 0 Å². The van der Waals surface area contributed by atoms with Gasteiger partial charge in [0, 0.05) is 28.4 Å². The molecule has 0 heterocycles. The molecule has 194 valence electrons. The Morgan fingerprint density at radius 3 is 2.43 bits per heavy atom. The second-order valence-corrected chi connectivity index (χ2v) is 12.5. The predicted octanol–water partition coefficient (Wildman–Crippen LogP) is 4.34. The third kappa shape index (κ3) is 3.78. The minimum atomic E-state index is -1.16. The lowest BCUT2D eigenvalue weighted by molar-refractivity contribution is -0.145. The van der Waals surface area contributed by atoms with Gasteiger partial charge < -0.3 is 15.3 Å². The number of carboxylic acid groups (broad SMARTS) is 1. The normalized spacial score (nSPS) is 42.7. The van der Waals surface area contributed by atoms with Crippen LogP contribution in [0.4, 0.5) is 0 Å².